The van der Waals surface area contributed by atoms with Crippen molar-refractivity contribution in [1.82, 2.24) is 15.1 Å². The van der Waals surface area contributed by atoms with Crippen LogP contribution in [0.1, 0.15) is 12.0 Å². The van der Waals surface area contributed by atoms with Gasteiger partial charge in [0.1, 0.15) is 0 Å². The van der Waals surface area contributed by atoms with E-state index in [2.05, 4.69) is 46.2 Å². The summed E-state index contributed by atoms with van der Waals surface area (Å²) in [7, 11) is 0.555. The second kappa shape index (κ2) is 9.39. The van der Waals surface area contributed by atoms with E-state index in [9.17, 15) is 8.42 Å². The van der Waals surface area contributed by atoms with Crippen molar-refractivity contribution in [1.29, 1.82) is 0 Å². The van der Waals surface area contributed by atoms with Crippen molar-refractivity contribution in [3.63, 3.8) is 0 Å². The molecule has 0 spiro atoms. The van der Waals surface area contributed by atoms with Crippen LogP contribution in [-0.4, -0.2) is 56.7 Å². The third-order valence-electron chi connectivity index (χ3n) is 6.40. The molecule has 0 saturated carbocycles. The predicted molar refractivity (Wildman–Crippen MR) is 139 cm³/mol. The highest BCUT2D eigenvalue weighted by Crippen LogP contribution is 2.37. The van der Waals surface area contributed by atoms with Crippen LogP contribution < -0.4 is 4.90 Å². The Bertz CT molecular complexity index is 1440. The normalized spacial score (nSPS) is 16.4. The van der Waals surface area contributed by atoms with Gasteiger partial charge >= 0.3 is 0 Å². The first-order chi connectivity index (χ1) is 16.7. The third-order valence-corrected chi connectivity index (χ3v) is 9.77. The molecule has 1 aliphatic rings. The number of anilines is 1. The number of thiophene rings is 1. The van der Waals surface area contributed by atoms with Gasteiger partial charge in [-0.15, -0.1) is 21.5 Å². The number of halogens is 1. The fourth-order valence-corrected chi connectivity index (χ4v) is 7.23. The number of nitrogens with zero attached hydrogens (tertiary/aromatic N) is 4. The molecule has 5 rings (SSSR count). The number of aromatic nitrogens is 2. The fraction of sp³-hybridized carbons (Fsp3) is 0.280. The van der Waals surface area contributed by atoms with E-state index < -0.39 is 9.84 Å². The van der Waals surface area contributed by atoms with Crippen LogP contribution in [0.25, 0.3) is 22.2 Å². The summed E-state index contributed by atoms with van der Waals surface area (Å²) in [5.41, 5.74) is 2.57. The molecular formula is C25H25ClN4O3S2. The molecule has 10 heteroatoms. The zero-order valence-corrected chi connectivity index (χ0v) is 22.0. The molecule has 1 aliphatic heterocycles. The second-order valence-corrected chi connectivity index (χ2v) is 12.1. The largest absolute Gasteiger partial charge is 0.415 e. The van der Waals surface area contributed by atoms with Gasteiger partial charge in [-0.1, -0.05) is 11.6 Å². The summed E-state index contributed by atoms with van der Waals surface area (Å²) in [4.78, 5) is 5.71. The summed E-state index contributed by atoms with van der Waals surface area (Å²) >= 11 is 7.18. The molecule has 1 saturated heterocycles. The van der Waals surface area contributed by atoms with E-state index >= 15 is 0 Å². The first-order valence-corrected chi connectivity index (χ1v) is 13.9. The maximum atomic E-state index is 13.1. The van der Waals surface area contributed by atoms with Gasteiger partial charge in [-0.2, -0.15) is 0 Å². The predicted octanol–water partition coefficient (Wildman–Crippen LogP) is 5.40. The van der Waals surface area contributed by atoms with Gasteiger partial charge in [0, 0.05) is 40.8 Å². The van der Waals surface area contributed by atoms with Crippen LogP contribution in [0.4, 0.5) is 5.69 Å². The number of rotatable bonds is 6. The first kappa shape index (κ1) is 24.0. The molecule has 2 aromatic carbocycles. The maximum Gasteiger partial charge on any atom is 0.258 e. The lowest BCUT2D eigenvalue weighted by molar-refractivity contribution is 0.315. The van der Waals surface area contributed by atoms with E-state index in [0.29, 0.717) is 33.3 Å². The van der Waals surface area contributed by atoms with Crippen molar-refractivity contribution >= 4 is 38.5 Å². The molecule has 0 N–H and O–H groups in total. The first-order valence-electron chi connectivity index (χ1n) is 11.2. The van der Waals surface area contributed by atoms with Crippen molar-refractivity contribution < 1.29 is 12.8 Å². The van der Waals surface area contributed by atoms with E-state index in [0.717, 1.165) is 25.1 Å². The lowest BCUT2D eigenvalue weighted by atomic mass is 10.2. The minimum atomic E-state index is -3.69. The van der Waals surface area contributed by atoms with E-state index in [-0.39, 0.29) is 9.79 Å². The zero-order chi connectivity index (χ0) is 24.7. The summed E-state index contributed by atoms with van der Waals surface area (Å²) in [6.45, 7) is 3.80. The Balaban J connectivity index is 1.37. The lowest BCUT2D eigenvalue weighted by Crippen LogP contribution is -2.31. The molecule has 0 bridgehead atoms. The molecule has 35 heavy (non-hydrogen) atoms. The van der Waals surface area contributed by atoms with Crippen molar-refractivity contribution in [3.05, 3.63) is 64.5 Å². The van der Waals surface area contributed by atoms with E-state index in [1.807, 2.05) is 12.1 Å². The van der Waals surface area contributed by atoms with Gasteiger partial charge in [-0.3, -0.25) is 0 Å². The van der Waals surface area contributed by atoms with Crippen LogP contribution in [0.15, 0.2) is 68.1 Å². The molecule has 0 aliphatic carbocycles. The van der Waals surface area contributed by atoms with Crippen molar-refractivity contribution in [3.8, 4) is 22.2 Å². The fourth-order valence-electron chi connectivity index (χ4n) is 4.26. The average molecular weight is 529 g/mol. The Labute approximate surface area is 213 Å². The summed E-state index contributed by atoms with van der Waals surface area (Å²) < 4.78 is 32.2. The Morgan fingerprint density at radius 2 is 1.74 bits per heavy atom. The topological polar surface area (TPSA) is 79.5 Å². The minimum absolute atomic E-state index is 0.190. The Kier molecular flexibility index (Phi) is 6.43. The van der Waals surface area contributed by atoms with Gasteiger partial charge in [0.25, 0.3) is 5.89 Å². The van der Waals surface area contributed by atoms with Crippen LogP contribution in [0, 0.1) is 6.92 Å². The highest BCUT2D eigenvalue weighted by atomic mass is 35.5. The molecule has 1 atom stereocenters. The maximum absolute atomic E-state index is 13.1. The van der Waals surface area contributed by atoms with Crippen LogP contribution in [0.3, 0.4) is 0 Å². The number of benzene rings is 2. The van der Waals surface area contributed by atoms with Crippen molar-refractivity contribution in [2.24, 2.45) is 0 Å². The molecule has 3 heterocycles. The minimum Gasteiger partial charge on any atom is -0.415 e. The van der Waals surface area contributed by atoms with Crippen molar-refractivity contribution in [2.45, 2.75) is 29.2 Å². The van der Waals surface area contributed by atoms with E-state index in [1.54, 1.807) is 24.4 Å². The standard InChI is InChI=1S/C25H25ClN4O3S2/c1-16-22(35(31,32)21-10-6-18(26)7-11-21)15-34-23(16)25-28-27-24(33-25)17-4-8-19(9-5-17)30-13-12-20(14-30)29(2)3/h4-11,15,20H,12-14H2,1-3H3. The summed E-state index contributed by atoms with van der Waals surface area (Å²) in [6, 6.07) is 14.8. The summed E-state index contributed by atoms with van der Waals surface area (Å²) in [5, 5.41) is 10.5. The quantitative estimate of drug-likeness (QED) is 0.331. The molecule has 7 nitrogen and oxygen atoms in total. The average Bonchev–Trinajstić information content (AvgIpc) is 3.59. The van der Waals surface area contributed by atoms with Gasteiger partial charge in [0.2, 0.25) is 15.7 Å². The van der Waals surface area contributed by atoms with Gasteiger partial charge in [-0.05, 0) is 81.5 Å². The highest BCUT2D eigenvalue weighted by molar-refractivity contribution is 7.91. The third kappa shape index (κ3) is 4.61. The smallest absolute Gasteiger partial charge is 0.258 e. The van der Waals surface area contributed by atoms with Crippen molar-refractivity contribution in [2.75, 3.05) is 32.1 Å². The molecule has 0 radical (unpaired) electrons. The summed E-state index contributed by atoms with van der Waals surface area (Å²) in [6.07, 6.45) is 1.15. The second-order valence-electron chi connectivity index (χ2n) is 8.82. The van der Waals surface area contributed by atoms with E-state index in [1.165, 1.54) is 29.2 Å². The van der Waals surface area contributed by atoms with Gasteiger partial charge in [0.15, 0.2) is 0 Å². The van der Waals surface area contributed by atoms with Crippen LogP contribution >= 0.6 is 22.9 Å². The van der Waals surface area contributed by atoms with Crippen LogP contribution in [0.5, 0.6) is 0 Å². The Morgan fingerprint density at radius 1 is 1.06 bits per heavy atom. The Hall–Kier alpha value is -2.72. The SMILES string of the molecule is Cc1c(S(=O)(=O)c2ccc(Cl)cc2)csc1-c1nnc(-c2ccc(N3CCC(N(C)C)C3)cc2)o1. The Morgan fingerprint density at radius 3 is 2.40 bits per heavy atom. The van der Waals surface area contributed by atoms with Crippen LogP contribution in [0.2, 0.25) is 5.02 Å². The number of likely N-dealkylation sites (N-methyl/N-ethyl adjacent to an activating group) is 1. The lowest BCUT2D eigenvalue weighted by Gasteiger charge is -2.21. The molecule has 2 aromatic heterocycles. The zero-order valence-electron chi connectivity index (χ0n) is 19.6. The number of hydrogen-bond acceptors (Lipinski definition) is 8. The highest BCUT2D eigenvalue weighted by Gasteiger charge is 2.26. The molecule has 4 aromatic rings. The van der Waals surface area contributed by atoms with Gasteiger partial charge < -0.3 is 14.2 Å². The molecule has 0 amide bonds. The summed E-state index contributed by atoms with van der Waals surface area (Å²) in [5.74, 6) is 0.701. The number of sulfone groups is 1. The van der Waals surface area contributed by atoms with Gasteiger partial charge in [-0.25, -0.2) is 8.42 Å². The van der Waals surface area contributed by atoms with Gasteiger partial charge in [0.05, 0.1) is 14.7 Å². The van der Waals surface area contributed by atoms with Crippen LogP contribution in [-0.2, 0) is 9.84 Å². The monoisotopic (exact) mass is 528 g/mol. The molecular weight excluding hydrogens is 504 g/mol. The molecule has 1 unspecified atom stereocenters. The van der Waals surface area contributed by atoms with E-state index in [4.69, 9.17) is 16.0 Å². The molecule has 1 fully saturated rings. The molecule has 182 valence electrons. The number of hydrogen-bond donors (Lipinski definition) is 0.